The average Bonchev–Trinajstić information content (AvgIpc) is 2.90. The van der Waals surface area contributed by atoms with Gasteiger partial charge in [-0.25, -0.2) is 9.59 Å². The first-order valence-corrected chi connectivity index (χ1v) is 9.52. The fourth-order valence-electron chi connectivity index (χ4n) is 2.32. The molecule has 1 heterocycles. The van der Waals surface area contributed by atoms with Crippen molar-refractivity contribution >= 4 is 45.8 Å². The van der Waals surface area contributed by atoms with Gasteiger partial charge in [0.05, 0.1) is 18.3 Å². The molecule has 0 saturated heterocycles. The predicted molar refractivity (Wildman–Crippen MR) is 105 cm³/mol. The van der Waals surface area contributed by atoms with Gasteiger partial charge in [0, 0.05) is 10.6 Å². The summed E-state index contributed by atoms with van der Waals surface area (Å²) in [5.41, 5.74) is 0.882. The van der Waals surface area contributed by atoms with E-state index in [0.29, 0.717) is 16.1 Å². The van der Waals surface area contributed by atoms with Crippen molar-refractivity contribution in [1.29, 1.82) is 0 Å². The molecule has 0 saturated carbocycles. The summed E-state index contributed by atoms with van der Waals surface area (Å²) in [5, 5.41) is 3.32. The quantitative estimate of drug-likeness (QED) is 0.699. The predicted octanol–water partition coefficient (Wildman–Crippen LogP) is 4.70. The van der Waals surface area contributed by atoms with Crippen LogP contribution < -0.4 is 5.32 Å². The van der Waals surface area contributed by atoms with E-state index < -0.39 is 17.8 Å². The van der Waals surface area contributed by atoms with Crippen molar-refractivity contribution in [3.63, 3.8) is 0 Å². The Balaban J connectivity index is 2.42. The van der Waals surface area contributed by atoms with Crippen molar-refractivity contribution < 1.29 is 23.9 Å². The molecule has 0 bridgehead atoms. The summed E-state index contributed by atoms with van der Waals surface area (Å²) in [7, 11) is 0. The van der Waals surface area contributed by atoms with Gasteiger partial charge in [0.15, 0.2) is 0 Å². The molecule has 8 heteroatoms. The van der Waals surface area contributed by atoms with E-state index in [1.54, 1.807) is 45.9 Å². The molecule has 1 N–H and O–H groups in total. The molecule has 0 aliphatic rings. The molecular weight excluding hydrogens is 390 g/mol. The van der Waals surface area contributed by atoms with E-state index in [4.69, 9.17) is 21.1 Å². The van der Waals surface area contributed by atoms with Crippen LogP contribution in [0.3, 0.4) is 0 Å². The Morgan fingerprint density at radius 1 is 1.22 bits per heavy atom. The number of rotatable bonds is 6. The molecule has 0 spiro atoms. The topological polar surface area (TPSA) is 81.7 Å². The number of amides is 1. The van der Waals surface area contributed by atoms with Crippen molar-refractivity contribution in [3.05, 3.63) is 50.9 Å². The standard InChI is InChI=1S/C19H20ClNO5S/c1-5-25-18(23)14-11(4)15(19(24)26-10(2)3)27-17(14)21-16(22)12-7-6-8-13(20)9-12/h6-10H,5H2,1-4H3,(H,21,22). The molecule has 0 aliphatic carbocycles. The van der Waals surface area contributed by atoms with Gasteiger partial charge in [0.1, 0.15) is 9.88 Å². The van der Waals surface area contributed by atoms with E-state index in [1.807, 2.05) is 0 Å². The van der Waals surface area contributed by atoms with Crippen LogP contribution in [0.1, 0.15) is 56.7 Å². The normalized spacial score (nSPS) is 10.6. The van der Waals surface area contributed by atoms with E-state index in [0.717, 1.165) is 11.3 Å². The van der Waals surface area contributed by atoms with E-state index in [2.05, 4.69) is 5.32 Å². The summed E-state index contributed by atoms with van der Waals surface area (Å²) >= 11 is 6.90. The van der Waals surface area contributed by atoms with E-state index >= 15 is 0 Å². The highest BCUT2D eigenvalue weighted by atomic mass is 35.5. The lowest BCUT2D eigenvalue weighted by Crippen LogP contribution is -2.15. The van der Waals surface area contributed by atoms with Crippen LogP contribution in [0.25, 0.3) is 0 Å². The van der Waals surface area contributed by atoms with Crippen LogP contribution >= 0.6 is 22.9 Å². The van der Waals surface area contributed by atoms with Crippen LogP contribution in [0.2, 0.25) is 5.02 Å². The molecule has 0 radical (unpaired) electrons. The summed E-state index contributed by atoms with van der Waals surface area (Å²) in [5.74, 6) is -1.62. The van der Waals surface area contributed by atoms with Gasteiger partial charge in [-0.2, -0.15) is 0 Å². The molecule has 0 atom stereocenters. The average molecular weight is 410 g/mol. The van der Waals surface area contributed by atoms with Gasteiger partial charge in [-0.1, -0.05) is 17.7 Å². The van der Waals surface area contributed by atoms with Crippen LogP contribution in [0, 0.1) is 6.92 Å². The Labute approximate surface area is 166 Å². The second-order valence-corrected chi connectivity index (χ2v) is 7.36. The van der Waals surface area contributed by atoms with E-state index in [1.165, 1.54) is 6.07 Å². The van der Waals surface area contributed by atoms with Crippen LogP contribution in [0.5, 0.6) is 0 Å². The summed E-state index contributed by atoms with van der Waals surface area (Å²) < 4.78 is 10.3. The van der Waals surface area contributed by atoms with Gasteiger partial charge in [0.2, 0.25) is 0 Å². The number of carbonyl (C=O) groups is 3. The van der Waals surface area contributed by atoms with Gasteiger partial charge in [-0.3, -0.25) is 4.79 Å². The number of benzene rings is 1. The highest BCUT2D eigenvalue weighted by Gasteiger charge is 2.28. The fraction of sp³-hybridized carbons (Fsp3) is 0.316. The molecule has 1 amide bonds. The van der Waals surface area contributed by atoms with Gasteiger partial charge in [0.25, 0.3) is 5.91 Å². The van der Waals surface area contributed by atoms with Crippen molar-refractivity contribution in [1.82, 2.24) is 0 Å². The molecule has 144 valence electrons. The van der Waals surface area contributed by atoms with Crippen molar-refractivity contribution in [2.24, 2.45) is 0 Å². The fourth-order valence-corrected chi connectivity index (χ4v) is 3.58. The Kier molecular flexibility index (Phi) is 6.98. The highest BCUT2D eigenvalue weighted by Crippen LogP contribution is 2.35. The number of ether oxygens (including phenoxy) is 2. The van der Waals surface area contributed by atoms with Gasteiger partial charge < -0.3 is 14.8 Å². The monoisotopic (exact) mass is 409 g/mol. The number of hydrogen-bond donors (Lipinski definition) is 1. The summed E-state index contributed by atoms with van der Waals surface area (Å²) in [6, 6.07) is 6.40. The minimum Gasteiger partial charge on any atom is -0.462 e. The van der Waals surface area contributed by atoms with Gasteiger partial charge >= 0.3 is 11.9 Å². The first kappa shape index (κ1) is 20.9. The molecule has 0 unspecified atom stereocenters. The van der Waals surface area contributed by atoms with Crippen LogP contribution in [0.4, 0.5) is 5.00 Å². The van der Waals surface area contributed by atoms with E-state index in [-0.39, 0.29) is 28.2 Å². The molecule has 2 aromatic rings. The maximum atomic E-state index is 12.5. The molecule has 27 heavy (non-hydrogen) atoms. The first-order valence-electron chi connectivity index (χ1n) is 8.33. The summed E-state index contributed by atoms with van der Waals surface area (Å²) in [4.78, 5) is 37.5. The summed E-state index contributed by atoms with van der Waals surface area (Å²) in [6.07, 6.45) is -0.311. The lowest BCUT2D eigenvalue weighted by molar-refractivity contribution is 0.0383. The van der Waals surface area contributed by atoms with Crippen molar-refractivity contribution in [2.75, 3.05) is 11.9 Å². The molecule has 1 aromatic carbocycles. The molecule has 2 rings (SSSR count). The number of esters is 2. The zero-order valence-electron chi connectivity index (χ0n) is 15.4. The molecule has 6 nitrogen and oxygen atoms in total. The minimum absolute atomic E-state index is 0.146. The van der Waals surface area contributed by atoms with E-state index in [9.17, 15) is 14.4 Å². The molecule has 0 fully saturated rings. The third-order valence-corrected chi connectivity index (χ3v) is 4.89. The number of nitrogens with one attached hydrogen (secondary N) is 1. The third kappa shape index (κ3) is 5.08. The maximum Gasteiger partial charge on any atom is 0.348 e. The van der Waals surface area contributed by atoms with Gasteiger partial charge in [-0.15, -0.1) is 11.3 Å². The molecule has 1 aromatic heterocycles. The Morgan fingerprint density at radius 2 is 1.93 bits per heavy atom. The second kappa shape index (κ2) is 9.01. The van der Waals surface area contributed by atoms with Gasteiger partial charge in [-0.05, 0) is 51.5 Å². The lowest BCUT2D eigenvalue weighted by atomic mass is 10.1. The molecule has 0 aliphatic heterocycles. The zero-order valence-corrected chi connectivity index (χ0v) is 17.0. The number of carbonyl (C=O) groups excluding carboxylic acids is 3. The minimum atomic E-state index is -0.615. The summed E-state index contributed by atoms with van der Waals surface area (Å²) in [6.45, 7) is 6.93. The van der Waals surface area contributed by atoms with Crippen LogP contribution in [-0.2, 0) is 9.47 Å². The largest absolute Gasteiger partial charge is 0.462 e. The second-order valence-electron chi connectivity index (χ2n) is 5.90. The Bertz CT molecular complexity index is 875. The first-order chi connectivity index (χ1) is 12.7. The third-order valence-electron chi connectivity index (χ3n) is 3.47. The number of anilines is 1. The zero-order chi connectivity index (χ0) is 20.1. The Morgan fingerprint density at radius 3 is 2.52 bits per heavy atom. The Hall–Kier alpha value is -2.38. The SMILES string of the molecule is CCOC(=O)c1c(NC(=O)c2cccc(Cl)c2)sc(C(=O)OC(C)C)c1C. The van der Waals surface area contributed by atoms with Crippen molar-refractivity contribution in [2.45, 2.75) is 33.8 Å². The number of halogens is 1. The number of thiophene rings is 1. The maximum absolute atomic E-state index is 12.5. The van der Waals surface area contributed by atoms with Crippen molar-refractivity contribution in [3.8, 4) is 0 Å². The van der Waals surface area contributed by atoms with Crippen LogP contribution in [-0.4, -0.2) is 30.6 Å². The highest BCUT2D eigenvalue weighted by molar-refractivity contribution is 7.18. The smallest absolute Gasteiger partial charge is 0.348 e. The lowest BCUT2D eigenvalue weighted by Gasteiger charge is -2.07. The molecular formula is C19H20ClNO5S. The van der Waals surface area contributed by atoms with Crippen LogP contribution in [0.15, 0.2) is 24.3 Å². The number of hydrogen-bond acceptors (Lipinski definition) is 6.